The standard InChI is InChI=1S/C58H71FN10O8S/c1-30(2)47(65-55(72)74-8)51(70)67-19-12-13-41(67)49-60-28-39(64-49)35-23-37(59)46-42-24-36-22-33(14-15-40(36)69(42)53(77-44(46)25-35)45-29-62-54(78-45)58(7)17-10-11-18-58)38-27-61-50(63-38)43-21-31(3)32(4)68(43)52(71)48(66-56(73)75-9)34-16-20-76-57(5,6)26-34/h14-15,22-25,27-32,34,41,43,47-48,53H,10-13,16-21,26H2,1-9H3,(H,60,64)(H,61,63)(H,65,72)(H,66,73)/t31-,32-,34?,41+,43+,47+,48?,53?/m1/s1. The van der Waals surface area contributed by atoms with Crippen LogP contribution < -0.4 is 15.4 Å². The van der Waals surface area contributed by atoms with E-state index in [-0.39, 0.29) is 53.1 Å². The number of aromatic nitrogens is 6. The number of nitrogens with zero attached hydrogens (tertiary/aromatic N) is 6. The number of alkyl carbamates (subject to hydrolysis) is 2. The normalized spacial score (nSPS) is 24.1. The van der Waals surface area contributed by atoms with Crippen molar-refractivity contribution in [3.63, 3.8) is 0 Å². The predicted octanol–water partition coefficient (Wildman–Crippen LogP) is 10.7. The molecule has 1 saturated carbocycles. The predicted molar refractivity (Wildman–Crippen MR) is 292 cm³/mol. The lowest BCUT2D eigenvalue weighted by atomic mass is 9.82. The zero-order valence-electron chi connectivity index (χ0n) is 45.9. The second-order valence-corrected chi connectivity index (χ2v) is 24.5. The van der Waals surface area contributed by atoms with Crippen molar-refractivity contribution in [3.05, 3.63) is 82.3 Å². The van der Waals surface area contributed by atoms with Crippen LogP contribution in [0, 0.1) is 23.6 Å². The van der Waals surface area contributed by atoms with Crippen molar-refractivity contribution < 1.29 is 42.5 Å². The van der Waals surface area contributed by atoms with Gasteiger partial charge in [0.1, 0.15) is 35.3 Å². The van der Waals surface area contributed by atoms with E-state index in [0.29, 0.717) is 78.7 Å². The van der Waals surface area contributed by atoms with E-state index in [2.05, 4.69) is 52.0 Å². The molecule has 0 spiro atoms. The van der Waals surface area contributed by atoms with Gasteiger partial charge in [0.25, 0.3) is 0 Å². The molecule has 4 aromatic heterocycles. The molecule has 2 aromatic carbocycles. The molecular weight excluding hydrogens is 1020 g/mol. The Kier molecular flexibility index (Phi) is 14.2. The fourth-order valence-electron chi connectivity index (χ4n) is 12.9. The Morgan fingerprint density at radius 2 is 1.55 bits per heavy atom. The summed E-state index contributed by atoms with van der Waals surface area (Å²) in [6.07, 6.45) is 11.1. The quantitative estimate of drug-likeness (QED) is 0.0905. The van der Waals surface area contributed by atoms with Crippen molar-refractivity contribution in [2.24, 2.45) is 17.8 Å². The van der Waals surface area contributed by atoms with Gasteiger partial charge in [0.2, 0.25) is 18.0 Å². The topological polar surface area (TPSA) is 211 Å². The molecule has 18 nitrogen and oxygen atoms in total. The lowest BCUT2D eigenvalue weighted by molar-refractivity contribution is -0.141. The number of carbonyl (C=O) groups excluding carboxylic acids is 4. The van der Waals surface area contributed by atoms with Gasteiger partial charge in [0.05, 0.1) is 82.3 Å². The van der Waals surface area contributed by atoms with Gasteiger partial charge in [-0.15, -0.1) is 11.3 Å². The number of amides is 4. The highest BCUT2D eigenvalue weighted by molar-refractivity contribution is 7.11. The molecule has 0 radical (unpaired) electrons. The molecule has 4 fully saturated rings. The SMILES string of the molecule is COC(=O)NC(C(=O)N1[C@H](C)[C@H](C)C[C@H]1c1ncc(-c2ccc3c(c2)cc2n3C(c3cnc(C4(C)CCCC4)s3)Oc3cc(-c4cnc([C@@H]5CCCN5C(=O)[C@@H](NC(=O)OC)C(C)C)[nH]4)cc(F)c3-2)[nH]1)C1CCOC(C)(C)C1. The fraction of sp³-hybridized carbons (Fsp3) is 0.534. The Labute approximate surface area is 457 Å². The summed E-state index contributed by atoms with van der Waals surface area (Å²) in [6.45, 7) is 15.2. The van der Waals surface area contributed by atoms with Crippen molar-refractivity contribution >= 4 is 46.2 Å². The zero-order chi connectivity index (χ0) is 54.9. The summed E-state index contributed by atoms with van der Waals surface area (Å²) in [7, 11) is 2.58. The molecule has 78 heavy (non-hydrogen) atoms. The number of fused-ring (bicyclic) bond motifs is 5. The number of halogens is 1. The van der Waals surface area contributed by atoms with Crippen molar-refractivity contribution in [2.75, 3.05) is 27.4 Å². The highest BCUT2D eigenvalue weighted by Gasteiger charge is 2.48. The Balaban J connectivity index is 0.922. The third-order valence-electron chi connectivity index (χ3n) is 17.4. The first kappa shape index (κ1) is 53.2. The Morgan fingerprint density at radius 3 is 2.26 bits per heavy atom. The second-order valence-electron chi connectivity index (χ2n) is 23.4. The maximum absolute atomic E-state index is 17.2. The molecule has 1 aliphatic carbocycles. The molecule has 8 atom stereocenters. The third-order valence-corrected chi connectivity index (χ3v) is 18.7. The van der Waals surface area contributed by atoms with E-state index in [0.717, 1.165) is 64.1 Å². The van der Waals surface area contributed by atoms with Crippen LogP contribution in [0.25, 0.3) is 44.7 Å². The number of methoxy groups -OCH3 is 2. The van der Waals surface area contributed by atoms with Gasteiger partial charge >= 0.3 is 12.2 Å². The van der Waals surface area contributed by atoms with Crippen LogP contribution in [0.5, 0.6) is 5.75 Å². The minimum absolute atomic E-state index is 0.0256. The summed E-state index contributed by atoms with van der Waals surface area (Å²) in [6, 6.07) is 9.04. The number of H-pyrrole nitrogens is 2. The van der Waals surface area contributed by atoms with Crippen molar-refractivity contribution in [1.82, 2.24) is 49.9 Å². The number of likely N-dealkylation sites (tertiary alicyclic amines) is 2. The Hall–Kier alpha value is -6.80. The number of nitrogens with one attached hydrogen (secondary N) is 4. The number of rotatable bonds is 12. The first-order chi connectivity index (χ1) is 37.3. The number of hydrogen-bond acceptors (Lipinski definition) is 12. The first-order valence-electron chi connectivity index (χ1n) is 27.5. The summed E-state index contributed by atoms with van der Waals surface area (Å²) in [5.74, 6) is 0.551. The van der Waals surface area contributed by atoms with Gasteiger partial charge in [-0.1, -0.05) is 46.6 Å². The van der Waals surface area contributed by atoms with E-state index < -0.39 is 41.9 Å². The molecule has 4 aliphatic heterocycles. The monoisotopic (exact) mass is 1090 g/mol. The first-order valence-corrected chi connectivity index (χ1v) is 28.3. The van der Waals surface area contributed by atoms with Crippen LogP contribution in [0.1, 0.15) is 146 Å². The number of benzene rings is 2. The smallest absolute Gasteiger partial charge is 0.407 e. The van der Waals surface area contributed by atoms with Gasteiger partial charge in [-0.25, -0.2) is 28.9 Å². The van der Waals surface area contributed by atoms with Gasteiger partial charge in [-0.3, -0.25) is 14.2 Å². The Bertz CT molecular complexity index is 3260. The number of carbonyl (C=O) groups is 4. The maximum Gasteiger partial charge on any atom is 0.407 e. The van der Waals surface area contributed by atoms with Gasteiger partial charge in [-0.2, -0.15) is 0 Å². The zero-order valence-corrected chi connectivity index (χ0v) is 46.7. The van der Waals surface area contributed by atoms with Gasteiger partial charge < -0.3 is 49.3 Å². The minimum Gasteiger partial charge on any atom is -0.464 e. The van der Waals surface area contributed by atoms with Gasteiger partial charge in [0, 0.05) is 47.3 Å². The highest BCUT2D eigenvalue weighted by atomic mass is 32.1. The third kappa shape index (κ3) is 9.70. The summed E-state index contributed by atoms with van der Waals surface area (Å²) in [5.41, 5.74) is 4.07. The molecular formula is C58H71FN10O8S. The number of ether oxygens (including phenoxy) is 4. The molecule has 4 N–H and O–H groups in total. The van der Waals surface area contributed by atoms with Gasteiger partial charge in [-0.05, 0) is 114 Å². The average molecular weight is 1090 g/mol. The summed E-state index contributed by atoms with van der Waals surface area (Å²) < 4.78 is 42.1. The molecule has 3 unspecified atom stereocenters. The summed E-state index contributed by atoms with van der Waals surface area (Å²) in [5, 5.41) is 7.53. The van der Waals surface area contributed by atoms with Crippen LogP contribution in [0.2, 0.25) is 0 Å². The Morgan fingerprint density at radius 1 is 0.846 bits per heavy atom. The van der Waals surface area contributed by atoms with Crippen LogP contribution in [0.4, 0.5) is 14.0 Å². The molecule has 0 bridgehead atoms. The van der Waals surface area contributed by atoms with Crippen molar-refractivity contribution in [1.29, 1.82) is 0 Å². The fourth-order valence-corrected chi connectivity index (χ4v) is 14.1. The number of hydrogen-bond donors (Lipinski definition) is 4. The molecule has 20 heteroatoms. The van der Waals surface area contributed by atoms with Crippen LogP contribution in [-0.4, -0.2) is 114 Å². The maximum atomic E-state index is 17.2. The molecule has 6 aromatic rings. The molecule has 5 aliphatic rings. The van der Waals surface area contributed by atoms with Crippen molar-refractivity contribution in [3.8, 4) is 39.5 Å². The molecule has 414 valence electrons. The average Bonchev–Trinajstić information content (AvgIpc) is 4.43. The van der Waals surface area contributed by atoms with E-state index in [1.54, 1.807) is 28.6 Å². The number of thiazole rings is 1. The lowest BCUT2D eigenvalue weighted by Gasteiger charge is -2.41. The van der Waals surface area contributed by atoms with Crippen LogP contribution in [-0.2, 0) is 29.2 Å². The summed E-state index contributed by atoms with van der Waals surface area (Å²) in [4.78, 5) is 79.9. The molecule has 4 amide bonds. The molecule has 3 saturated heterocycles. The van der Waals surface area contributed by atoms with Crippen LogP contribution in [0.3, 0.4) is 0 Å². The van der Waals surface area contributed by atoms with Crippen molar-refractivity contribution in [2.45, 2.75) is 154 Å². The van der Waals surface area contributed by atoms with E-state index in [1.807, 2.05) is 63.1 Å². The second kappa shape index (κ2) is 20.8. The van der Waals surface area contributed by atoms with E-state index in [9.17, 15) is 19.2 Å². The minimum atomic E-state index is -0.807. The molecule has 11 rings (SSSR count). The van der Waals surface area contributed by atoms with Crippen LogP contribution >= 0.6 is 11.3 Å². The number of imidazole rings is 2. The highest BCUT2D eigenvalue weighted by Crippen LogP contribution is 2.50. The van der Waals surface area contributed by atoms with Gasteiger partial charge in [0.15, 0.2) is 0 Å². The largest absolute Gasteiger partial charge is 0.464 e. The summed E-state index contributed by atoms with van der Waals surface area (Å²) >= 11 is 1.65. The lowest BCUT2D eigenvalue weighted by Crippen LogP contribution is -2.56. The molecule has 8 heterocycles. The van der Waals surface area contributed by atoms with Crippen LogP contribution in [0.15, 0.2) is 55.0 Å². The number of aromatic amines is 2. The van der Waals surface area contributed by atoms with E-state index in [4.69, 9.17) is 33.9 Å². The van der Waals surface area contributed by atoms with E-state index >= 15 is 4.39 Å². The van der Waals surface area contributed by atoms with E-state index in [1.165, 1.54) is 20.3 Å².